The van der Waals surface area contributed by atoms with Crippen LogP contribution in [0.4, 0.5) is 0 Å². The molecular weight excluding hydrogens is 176 g/mol. The highest BCUT2D eigenvalue weighted by atomic mass is 16.3. The molecule has 2 nitrogen and oxygen atoms in total. The van der Waals surface area contributed by atoms with Crippen LogP contribution in [0.1, 0.15) is 71.6 Å². The summed E-state index contributed by atoms with van der Waals surface area (Å²) < 4.78 is 0. The normalized spacial score (nSPS) is 9.00. The molecule has 1 N–H and O–H groups in total. The highest BCUT2D eigenvalue weighted by molar-refractivity contribution is 5.32. The molecule has 14 heavy (non-hydrogen) atoms. The standard InChI is InChI=1S/C11H24.CH2O2/c1-3-5-7-9-11-10-8-6-4-2;2-1-3/h3-11H2,1-2H3;1H,(H,2,3). The van der Waals surface area contributed by atoms with Crippen LogP contribution in [0.3, 0.4) is 0 Å². The molecule has 0 aliphatic heterocycles. The van der Waals surface area contributed by atoms with E-state index in [1.165, 1.54) is 57.8 Å². The molecule has 0 aromatic heterocycles. The Morgan fingerprint density at radius 3 is 1.21 bits per heavy atom. The summed E-state index contributed by atoms with van der Waals surface area (Å²) in [6.07, 6.45) is 13.0. The van der Waals surface area contributed by atoms with Crippen molar-refractivity contribution in [3.8, 4) is 0 Å². The molecule has 0 aromatic rings. The van der Waals surface area contributed by atoms with Crippen molar-refractivity contribution in [2.75, 3.05) is 0 Å². The van der Waals surface area contributed by atoms with Crippen LogP contribution in [-0.4, -0.2) is 11.6 Å². The maximum Gasteiger partial charge on any atom is 0.290 e. The Morgan fingerprint density at radius 2 is 1.00 bits per heavy atom. The first-order valence-corrected chi connectivity index (χ1v) is 5.91. The van der Waals surface area contributed by atoms with Gasteiger partial charge in [-0.2, -0.15) is 0 Å². The maximum absolute atomic E-state index is 8.36. The minimum Gasteiger partial charge on any atom is -0.483 e. The Hall–Kier alpha value is -0.530. The minimum absolute atomic E-state index is 0.250. The van der Waals surface area contributed by atoms with E-state index < -0.39 is 0 Å². The fourth-order valence-corrected chi connectivity index (χ4v) is 1.38. The summed E-state index contributed by atoms with van der Waals surface area (Å²) in [5, 5.41) is 6.89. The van der Waals surface area contributed by atoms with Gasteiger partial charge in [0, 0.05) is 0 Å². The van der Waals surface area contributed by atoms with E-state index in [-0.39, 0.29) is 6.47 Å². The number of rotatable bonds is 8. The second-order valence-electron chi connectivity index (χ2n) is 3.58. The van der Waals surface area contributed by atoms with Crippen LogP contribution >= 0.6 is 0 Å². The Morgan fingerprint density at radius 1 is 0.786 bits per heavy atom. The molecule has 0 aliphatic carbocycles. The van der Waals surface area contributed by atoms with Crippen LogP contribution in [0.5, 0.6) is 0 Å². The molecule has 0 aromatic carbocycles. The third-order valence-corrected chi connectivity index (χ3v) is 2.21. The Balaban J connectivity index is 0. The number of carboxylic acid groups (broad SMARTS) is 1. The van der Waals surface area contributed by atoms with Gasteiger partial charge in [0.05, 0.1) is 0 Å². The molecule has 0 fully saturated rings. The van der Waals surface area contributed by atoms with Crippen molar-refractivity contribution in [3.63, 3.8) is 0 Å². The molecule has 0 unspecified atom stereocenters. The van der Waals surface area contributed by atoms with E-state index in [9.17, 15) is 0 Å². The third-order valence-electron chi connectivity index (χ3n) is 2.21. The summed E-state index contributed by atoms with van der Waals surface area (Å²) in [5.41, 5.74) is 0. The zero-order valence-electron chi connectivity index (χ0n) is 9.80. The van der Waals surface area contributed by atoms with Gasteiger partial charge in [-0.1, -0.05) is 71.6 Å². The molecule has 0 aliphatic rings. The summed E-state index contributed by atoms with van der Waals surface area (Å²) in [7, 11) is 0. The van der Waals surface area contributed by atoms with Crippen LogP contribution in [0, 0.1) is 0 Å². The van der Waals surface area contributed by atoms with Crippen molar-refractivity contribution in [1.82, 2.24) is 0 Å². The van der Waals surface area contributed by atoms with Crippen molar-refractivity contribution in [2.24, 2.45) is 0 Å². The van der Waals surface area contributed by atoms with Gasteiger partial charge < -0.3 is 5.11 Å². The number of carbonyl (C=O) groups is 1. The molecule has 86 valence electrons. The van der Waals surface area contributed by atoms with Gasteiger partial charge in [0.1, 0.15) is 0 Å². The molecule has 0 spiro atoms. The first kappa shape index (κ1) is 15.9. The lowest BCUT2D eigenvalue weighted by molar-refractivity contribution is -0.122. The van der Waals surface area contributed by atoms with Crippen LogP contribution in [0.15, 0.2) is 0 Å². The molecular formula is C12H26O2. The van der Waals surface area contributed by atoms with Crippen molar-refractivity contribution >= 4 is 6.47 Å². The van der Waals surface area contributed by atoms with Gasteiger partial charge in [0.25, 0.3) is 6.47 Å². The maximum atomic E-state index is 8.36. The van der Waals surface area contributed by atoms with Crippen molar-refractivity contribution in [3.05, 3.63) is 0 Å². The fourth-order valence-electron chi connectivity index (χ4n) is 1.38. The monoisotopic (exact) mass is 202 g/mol. The van der Waals surface area contributed by atoms with E-state index in [2.05, 4.69) is 13.8 Å². The van der Waals surface area contributed by atoms with Gasteiger partial charge in [0.2, 0.25) is 0 Å². The van der Waals surface area contributed by atoms with E-state index >= 15 is 0 Å². The minimum atomic E-state index is -0.250. The van der Waals surface area contributed by atoms with Gasteiger partial charge >= 0.3 is 0 Å². The van der Waals surface area contributed by atoms with Gasteiger partial charge in [-0.25, -0.2) is 0 Å². The first-order chi connectivity index (χ1) is 6.83. The van der Waals surface area contributed by atoms with Gasteiger partial charge in [-0.15, -0.1) is 0 Å². The Bertz CT molecular complexity index is 84.3. The fraction of sp³-hybridized carbons (Fsp3) is 0.917. The SMILES string of the molecule is CCCCCCCCCCC.O=CO. The predicted molar refractivity (Wildman–Crippen MR) is 61.6 cm³/mol. The number of hydrogen-bond donors (Lipinski definition) is 1. The third kappa shape index (κ3) is 22.5. The quantitative estimate of drug-likeness (QED) is 0.472. The van der Waals surface area contributed by atoms with E-state index in [4.69, 9.17) is 9.90 Å². The van der Waals surface area contributed by atoms with Crippen molar-refractivity contribution in [2.45, 2.75) is 71.6 Å². The molecule has 0 amide bonds. The summed E-state index contributed by atoms with van der Waals surface area (Å²) >= 11 is 0. The largest absolute Gasteiger partial charge is 0.483 e. The zero-order chi connectivity index (χ0) is 11.1. The van der Waals surface area contributed by atoms with Crippen LogP contribution < -0.4 is 0 Å². The van der Waals surface area contributed by atoms with E-state index in [1.807, 2.05) is 0 Å². The smallest absolute Gasteiger partial charge is 0.290 e. The molecule has 0 saturated heterocycles. The molecule has 0 radical (unpaired) electrons. The van der Waals surface area contributed by atoms with Crippen LogP contribution in [-0.2, 0) is 4.79 Å². The number of hydrogen-bond acceptors (Lipinski definition) is 1. The second-order valence-corrected chi connectivity index (χ2v) is 3.58. The van der Waals surface area contributed by atoms with Gasteiger partial charge in [0.15, 0.2) is 0 Å². The summed E-state index contributed by atoms with van der Waals surface area (Å²) in [4.78, 5) is 8.36. The second kappa shape index (κ2) is 18.3. The van der Waals surface area contributed by atoms with Crippen molar-refractivity contribution < 1.29 is 9.90 Å². The van der Waals surface area contributed by atoms with E-state index in [0.717, 1.165) is 0 Å². The topological polar surface area (TPSA) is 37.3 Å². The molecule has 0 heterocycles. The molecule has 0 rings (SSSR count). The molecule has 0 saturated carbocycles. The average molecular weight is 202 g/mol. The van der Waals surface area contributed by atoms with Gasteiger partial charge in [-0.3, -0.25) is 4.79 Å². The summed E-state index contributed by atoms with van der Waals surface area (Å²) in [6, 6.07) is 0. The van der Waals surface area contributed by atoms with Crippen molar-refractivity contribution in [1.29, 1.82) is 0 Å². The lowest BCUT2D eigenvalue weighted by Gasteiger charge is -1.98. The van der Waals surface area contributed by atoms with E-state index in [1.54, 1.807) is 0 Å². The molecule has 2 heteroatoms. The van der Waals surface area contributed by atoms with Gasteiger partial charge in [-0.05, 0) is 0 Å². The lowest BCUT2D eigenvalue weighted by Crippen LogP contribution is -1.79. The predicted octanol–water partition coefficient (Wildman–Crippen LogP) is 4.24. The summed E-state index contributed by atoms with van der Waals surface area (Å²) in [5.74, 6) is 0. The first-order valence-electron chi connectivity index (χ1n) is 5.91. The lowest BCUT2D eigenvalue weighted by atomic mass is 10.1. The molecule has 0 atom stereocenters. The Labute approximate surface area is 88.7 Å². The Kier molecular flexibility index (Phi) is 20.8. The number of unbranched alkanes of at least 4 members (excludes halogenated alkanes) is 8. The van der Waals surface area contributed by atoms with Crippen LogP contribution in [0.2, 0.25) is 0 Å². The average Bonchev–Trinajstić information content (AvgIpc) is 2.18. The highest BCUT2D eigenvalue weighted by Crippen LogP contribution is 2.08. The van der Waals surface area contributed by atoms with Crippen LogP contribution in [0.25, 0.3) is 0 Å². The summed E-state index contributed by atoms with van der Waals surface area (Å²) in [6.45, 7) is 4.30. The molecule has 0 bridgehead atoms. The zero-order valence-corrected chi connectivity index (χ0v) is 9.80. The highest BCUT2D eigenvalue weighted by Gasteiger charge is 1.88. The van der Waals surface area contributed by atoms with E-state index in [0.29, 0.717) is 0 Å².